The third-order valence-electron chi connectivity index (χ3n) is 3.64. The number of rotatable bonds is 6. The van der Waals surface area contributed by atoms with E-state index in [4.69, 9.17) is 0 Å². The van der Waals surface area contributed by atoms with E-state index < -0.39 is 0 Å². The Morgan fingerprint density at radius 2 is 1.67 bits per heavy atom. The second-order valence-electron chi connectivity index (χ2n) is 5.33. The zero-order chi connectivity index (χ0) is 15.2. The molecule has 1 N–H and O–H groups in total. The van der Waals surface area contributed by atoms with Crippen molar-refractivity contribution in [2.75, 3.05) is 6.54 Å². The van der Waals surface area contributed by atoms with Crippen molar-refractivity contribution >= 4 is 0 Å². The largest absolute Gasteiger partial charge is 0.310 e. The monoisotopic (exact) mass is 289 g/mol. The van der Waals surface area contributed by atoms with Crippen LogP contribution in [0.5, 0.6) is 0 Å². The third-order valence-corrected chi connectivity index (χ3v) is 3.64. The van der Waals surface area contributed by atoms with Crippen LogP contribution in [0.2, 0.25) is 0 Å². The molecule has 0 amide bonds. The maximum Gasteiger partial charge on any atom is 0.123 e. The molecule has 0 fully saturated rings. The van der Waals surface area contributed by atoms with Crippen LogP contribution in [-0.4, -0.2) is 6.54 Å². The summed E-state index contributed by atoms with van der Waals surface area (Å²) >= 11 is 0. The van der Waals surface area contributed by atoms with Gasteiger partial charge in [0.2, 0.25) is 0 Å². The summed E-state index contributed by atoms with van der Waals surface area (Å²) in [4.78, 5) is 0. The minimum atomic E-state index is -0.231. The lowest BCUT2D eigenvalue weighted by atomic mass is 9.96. The van der Waals surface area contributed by atoms with Crippen LogP contribution in [0.1, 0.15) is 36.1 Å². The van der Waals surface area contributed by atoms with Crippen molar-refractivity contribution in [2.24, 2.45) is 0 Å². The summed E-state index contributed by atoms with van der Waals surface area (Å²) in [6.45, 7) is 4.92. The summed E-state index contributed by atoms with van der Waals surface area (Å²) < 4.78 is 26.3. The van der Waals surface area contributed by atoms with Crippen molar-refractivity contribution in [3.8, 4) is 0 Å². The Hall–Kier alpha value is -1.74. The van der Waals surface area contributed by atoms with Crippen LogP contribution in [-0.2, 0) is 6.42 Å². The molecule has 2 rings (SSSR count). The van der Waals surface area contributed by atoms with Gasteiger partial charge in [0, 0.05) is 6.04 Å². The second-order valence-corrected chi connectivity index (χ2v) is 5.33. The van der Waals surface area contributed by atoms with Gasteiger partial charge in [0.15, 0.2) is 0 Å². The lowest BCUT2D eigenvalue weighted by molar-refractivity contribution is 0.526. The van der Waals surface area contributed by atoms with Gasteiger partial charge in [-0.05, 0) is 67.3 Å². The first-order valence-electron chi connectivity index (χ1n) is 7.34. The van der Waals surface area contributed by atoms with Gasteiger partial charge in [-0.25, -0.2) is 8.78 Å². The summed E-state index contributed by atoms with van der Waals surface area (Å²) in [6.07, 6.45) is 1.79. The molecule has 3 heteroatoms. The molecule has 1 nitrogen and oxygen atoms in total. The molecule has 1 atom stereocenters. The number of hydrogen-bond acceptors (Lipinski definition) is 1. The van der Waals surface area contributed by atoms with Crippen LogP contribution in [0.3, 0.4) is 0 Å². The minimum absolute atomic E-state index is 0.106. The summed E-state index contributed by atoms with van der Waals surface area (Å²) in [6, 6.07) is 11.6. The fourth-order valence-corrected chi connectivity index (χ4v) is 2.43. The minimum Gasteiger partial charge on any atom is -0.310 e. The van der Waals surface area contributed by atoms with Crippen molar-refractivity contribution in [1.82, 2.24) is 5.32 Å². The zero-order valence-electron chi connectivity index (χ0n) is 12.5. The first kappa shape index (κ1) is 15.6. The van der Waals surface area contributed by atoms with Gasteiger partial charge in [-0.2, -0.15) is 0 Å². The highest BCUT2D eigenvalue weighted by Gasteiger charge is 2.13. The van der Waals surface area contributed by atoms with Gasteiger partial charge >= 0.3 is 0 Å². The molecule has 0 radical (unpaired) electrons. The zero-order valence-corrected chi connectivity index (χ0v) is 12.5. The van der Waals surface area contributed by atoms with E-state index in [1.54, 1.807) is 6.07 Å². The first-order valence-corrected chi connectivity index (χ1v) is 7.34. The topological polar surface area (TPSA) is 12.0 Å². The molecule has 2 aromatic carbocycles. The van der Waals surface area contributed by atoms with E-state index in [2.05, 4.69) is 12.2 Å². The van der Waals surface area contributed by atoms with Crippen LogP contribution in [0.25, 0.3) is 0 Å². The van der Waals surface area contributed by atoms with Crippen LogP contribution in [0.15, 0.2) is 42.5 Å². The molecular formula is C18H21F2N. The molecule has 0 bridgehead atoms. The molecule has 0 aliphatic heterocycles. The Kier molecular flexibility index (Phi) is 5.45. The van der Waals surface area contributed by atoms with Gasteiger partial charge in [-0.15, -0.1) is 0 Å². The first-order chi connectivity index (χ1) is 10.1. The predicted octanol–water partition coefficient (Wildman–Crippen LogP) is 4.56. The predicted molar refractivity (Wildman–Crippen MR) is 82.3 cm³/mol. The molecular weight excluding hydrogens is 268 g/mol. The van der Waals surface area contributed by atoms with E-state index in [-0.39, 0.29) is 17.7 Å². The van der Waals surface area contributed by atoms with E-state index in [9.17, 15) is 8.78 Å². The van der Waals surface area contributed by atoms with E-state index >= 15 is 0 Å². The Morgan fingerprint density at radius 1 is 1.00 bits per heavy atom. The van der Waals surface area contributed by atoms with Crippen molar-refractivity contribution in [3.63, 3.8) is 0 Å². The van der Waals surface area contributed by atoms with Crippen LogP contribution < -0.4 is 5.32 Å². The van der Waals surface area contributed by atoms with Gasteiger partial charge in [0.05, 0.1) is 0 Å². The molecule has 0 saturated carbocycles. The van der Waals surface area contributed by atoms with Crippen LogP contribution in [0, 0.1) is 18.6 Å². The molecule has 2 aromatic rings. The van der Waals surface area contributed by atoms with Gasteiger partial charge in [0.1, 0.15) is 11.6 Å². The van der Waals surface area contributed by atoms with Crippen LogP contribution in [0.4, 0.5) is 8.78 Å². The number of hydrogen-bond donors (Lipinski definition) is 1. The average molecular weight is 289 g/mol. The number of aryl methyl sites for hydroxylation is 1. The normalized spacial score (nSPS) is 12.4. The lowest BCUT2D eigenvalue weighted by Gasteiger charge is -2.20. The molecule has 21 heavy (non-hydrogen) atoms. The molecule has 0 aliphatic rings. The maximum atomic E-state index is 13.2. The maximum absolute atomic E-state index is 13.2. The number of nitrogens with one attached hydrogen (secondary N) is 1. The van der Waals surface area contributed by atoms with Crippen LogP contribution >= 0.6 is 0 Å². The number of halogens is 2. The molecule has 0 spiro atoms. The van der Waals surface area contributed by atoms with Gasteiger partial charge in [0.25, 0.3) is 0 Å². The van der Waals surface area contributed by atoms with E-state index in [0.29, 0.717) is 0 Å². The Morgan fingerprint density at radius 3 is 2.29 bits per heavy atom. The highest BCUT2D eigenvalue weighted by atomic mass is 19.1. The van der Waals surface area contributed by atoms with Crippen molar-refractivity contribution < 1.29 is 8.78 Å². The molecule has 1 unspecified atom stereocenters. The summed E-state index contributed by atoms with van der Waals surface area (Å²) in [5, 5.41) is 3.48. The SMILES string of the molecule is CCCNC(Cc1ccc(F)cc1C)c1ccc(F)cc1. The lowest BCUT2D eigenvalue weighted by Crippen LogP contribution is -2.24. The van der Waals surface area contributed by atoms with Crippen molar-refractivity contribution in [3.05, 3.63) is 70.8 Å². The molecule has 0 aliphatic carbocycles. The smallest absolute Gasteiger partial charge is 0.123 e. The Bertz CT molecular complexity index is 578. The Labute approximate surface area is 125 Å². The molecule has 0 saturated heterocycles. The molecule has 0 heterocycles. The fourth-order valence-electron chi connectivity index (χ4n) is 2.43. The standard InChI is InChI=1S/C18H21F2N/c1-3-10-21-18(14-4-7-16(19)8-5-14)12-15-6-9-17(20)11-13(15)2/h4-9,11,18,21H,3,10,12H2,1-2H3. The van der Waals surface area contributed by atoms with E-state index in [1.165, 1.54) is 18.2 Å². The summed E-state index contributed by atoms with van der Waals surface area (Å²) in [5.74, 6) is -0.443. The van der Waals surface area contributed by atoms with Gasteiger partial charge < -0.3 is 5.32 Å². The fraction of sp³-hybridized carbons (Fsp3) is 0.333. The van der Waals surface area contributed by atoms with E-state index in [0.717, 1.165) is 36.1 Å². The van der Waals surface area contributed by atoms with Gasteiger partial charge in [-0.3, -0.25) is 0 Å². The average Bonchev–Trinajstić information content (AvgIpc) is 2.46. The van der Waals surface area contributed by atoms with E-state index in [1.807, 2.05) is 25.1 Å². The van der Waals surface area contributed by atoms with Gasteiger partial charge in [-0.1, -0.05) is 25.1 Å². The second kappa shape index (κ2) is 7.32. The highest BCUT2D eigenvalue weighted by molar-refractivity contribution is 5.30. The van der Waals surface area contributed by atoms with Crippen molar-refractivity contribution in [1.29, 1.82) is 0 Å². The number of benzene rings is 2. The molecule has 0 aromatic heterocycles. The Balaban J connectivity index is 2.21. The summed E-state index contributed by atoms with van der Waals surface area (Å²) in [5.41, 5.74) is 3.10. The summed E-state index contributed by atoms with van der Waals surface area (Å²) in [7, 11) is 0. The molecule has 112 valence electrons. The third kappa shape index (κ3) is 4.36. The quantitative estimate of drug-likeness (QED) is 0.822. The highest BCUT2D eigenvalue weighted by Crippen LogP contribution is 2.21. The van der Waals surface area contributed by atoms with Crippen molar-refractivity contribution in [2.45, 2.75) is 32.7 Å².